The van der Waals surface area contributed by atoms with Crippen LogP contribution in [0, 0.1) is 0 Å². The Bertz CT molecular complexity index is 873. The average Bonchev–Trinajstić information content (AvgIpc) is 3.29. The number of likely N-dealkylation sites (tertiary alicyclic amines) is 1. The van der Waals surface area contributed by atoms with Crippen molar-refractivity contribution in [2.24, 2.45) is 0 Å². The van der Waals surface area contributed by atoms with E-state index in [4.69, 9.17) is 0 Å². The minimum atomic E-state index is -0.633. The fourth-order valence-corrected chi connectivity index (χ4v) is 5.19. The van der Waals surface area contributed by atoms with Crippen LogP contribution in [-0.4, -0.2) is 69.9 Å². The molecule has 8 nitrogen and oxygen atoms in total. The number of β-amino-alcohol motifs (C(OH)–C–C–N with tert-alkyl or cyclic N) is 1. The topological polar surface area (TPSA) is 102 Å². The van der Waals surface area contributed by atoms with Crippen molar-refractivity contribution in [3.63, 3.8) is 0 Å². The molecule has 154 valence electrons. The molecule has 0 saturated carbocycles. The Morgan fingerprint density at radius 3 is 2.72 bits per heavy atom. The van der Waals surface area contributed by atoms with Gasteiger partial charge in [0.05, 0.1) is 0 Å². The van der Waals surface area contributed by atoms with E-state index in [2.05, 4.69) is 15.5 Å². The highest BCUT2D eigenvalue weighted by Crippen LogP contribution is 2.32. The third-order valence-corrected chi connectivity index (χ3v) is 6.70. The van der Waals surface area contributed by atoms with Gasteiger partial charge in [0.25, 0.3) is 5.91 Å². The molecular weight excluding hydrogens is 372 g/mol. The second kappa shape index (κ2) is 6.90. The standard InChI is InChI=1S/C21H26N4O4/c26-18-6-5-16(19(27)23-18)25-10-14-8-13(3-4-15(14)20(25)28)9-24-11-21(29,12-24)17-2-1-7-22-17/h3-4,8,16-17,22,29H,1-2,5-7,9-12H2,(H,23,26,27). The SMILES string of the molecule is O=C1CCC(N2Cc3cc(CN4CC(O)(C5CCCN5)C4)ccc3C2=O)C(=O)N1. The molecule has 5 rings (SSSR count). The van der Waals surface area contributed by atoms with Crippen molar-refractivity contribution in [1.82, 2.24) is 20.4 Å². The molecule has 4 heterocycles. The van der Waals surface area contributed by atoms with E-state index in [9.17, 15) is 19.5 Å². The molecule has 4 aliphatic heterocycles. The highest BCUT2D eigenvalue weighted by Gasteiger charge is 2.48. The fourth-order valence-electron chi connectivity index (χ4n) is 5.19. The molecule has 3 amide bonds. The van der Waals surface area contributed by atoms with Gasteiger partial charge in [0.2, 0.25) is 11.8 Å². The van der Waals surface area contributed by atoms with Crippen LogP contribution in [0.1, 0.15) is 47.2 Å². The van der Waals surface area contributed by atoms with E-state index in [0.717, 1.165) is 37.1 Å². The molecule has 29 heavy (non-hydrogen) atoms. The third kappa shape index (κ3) is 3.25. The van der Waals surface area contributed by atoms with Crippen LogP contribution in [0.4, 0.5) is 0 Å². The summed E-state index contributed by atoms with van der Waals surface area (Å²) < 4.78 is 0. The van der Waals surface area contributed by atoms with E-state index >= 15 is 0 Å². The molecule has 1 aromatic rings. The molecule has 0 spiro atoms. The fraction of sp³-hybridized carbons (Fsp3) is 0.571. The first-order chi connectivity index (χ1) is 13.9. The van der Waals surface area contributed by atoms with Crippen LogP contribution in [0.3, 0.4) is 0 Å². The first kappa shape index (κ1) is 18.7. The lowest BCUT2D eigenvalue weighted by Gasteiger charge is -2.50. The number of hydrogen-bond donors (Lipinski definition) is 3. The second-order valence-electron chi connectivity index (χ2n) is 8.79. The van der Waals surface area contributed by atoms with E-state index in [1.807, 2.05) is 18.2 Å². The molecule has 0 aliphatic carbocycles. The first-order valence-corrected chi connectivity index (χ1v) is 10.4. The zero-order valence-electron chi connectivity index (χ0n) is 16.3. The van der Waals surface area contributed by atoms with Crippen LogP contribution in [0.15, 0.2) is 18.2 Å². The Morgan fingerprint density at radius 2 is 2.00 bits per heavy atom. The summed E-state index contributed by atoms with van der Waals surface area (Å²) >= 11 is 0. The Morgan fingerprint density at radius 1 is 1.17 bits per heavy atom. The Balaban J connectivity index is 1.24. The maximum atomic E-state index is 12.8. The van der Waals surface area contributed by atoms with Crippen LogP contribution in [0.25, 0.3) is 0 Å². The molecule has 0 aromatic heterocycles. The molecular formula is C21H26N4O4. The number of benzene rings is 1. The predicted octanol–water partition coefficient (Wildman–Crippen LogP) is -0.254. The summed E-state index contributed by atoms with van der Waals surface area (Å²) in [6.07, 6.45) is 2.78. The van der Waals surface area contributed by atoms with Crippen molar-refractivity contribution in [2.45, 2.75) is 56.5 Å². The summed E-state index contributed by atoms with van der Waals surface area (Å²) in [4.78, 5) is 40.1. The van der Waals surface area contributed by atoms with Crippen molar-refractivity contribution in [3.8, 4) is 0 Å². The van der Waals surface area contributed by atoms with Gasteiger partial charge in [-0.25, -0.2) is 0 Å². The van der Waals surface area contributed by atoms with Crippen molar-refractivity contribution in [1.29, 1.82) is 0 Å². The van der Waals surface area contributed by atoms with Gasteiger partial charge in [-0.05, 0) is 43.0 Å². The number of hydrogen-bond acceptors (Lipinski definition) is 6. The van der Waals surface area contributed by atoms with Gasteiger partial charge in [0.15, 0.2) is 0 Å². The van der Waals surface area contributed by atoms with E-state index in [1.54, 1.807) is 4.90 Å². The first-order valence-electron chi connectivity index (χ1n) is 10.4. The van der Waals surface area contributed by atoms with Gasteiger partial charge in [-0.2, -0.15) is 0 Å². The van der Waals surface area contributed by atoms with E-state index in [0.29, 0.717) is 31.6 Å². The second-order valence-corrected chi connectivity index (χ2v) is 8.79. The van der Waals surface area contributed by atoms with Gasteiger partial charge in [-0.3, -0.25) is 24.6 Å². The molecule has 3 saturated heterocycles. The lowest BCUT2D eigenvalue weighted by molar-refractivity contribution is -0.136. The molecule has 3 fully saturated rings. The van der Waals surface area contributed by atoms with E-state index < -0.39 is 11.6 Å². The summed E-state index contributed by atoms with van der Waals surface area (Å²) in [7, 11) is 0. The predicted molar refractivity (Wildman–Crippen MR) is 104 cm³/mol. The quantitative estimate of drug-likeness (QED) is 0.605. The number of carbonyl (C=O) groups excluding carboxylic acids is 3. The maximum absolute atomic E-state index is 12.8. The molecule has 2 atom stereocenters. The maximum Gasteiger partial charge on any atom is 0.255 e. The Kier molecular flexibility index (Phi) is 4.45. The third-order valence-electron chi connectivity index (χ3n) is 6.70. The van der Waals surface area contributed by atoms with Crippen LogP contribution >= 0.6 is 0 Å². The van der Waals surface area contributed by atoms with E-state index in [-0.39, 0.29) is 30.2 Å². The van der Waals surface area contributed by atoms with Crippen molar-refractivity contribution >= 4 is 17.7 Å². The normalized spacial score (nSPS) is 29.0. The Labute approximate surface area is 169 Å². The van der Waals surface area contributed by atoms with Crippen LogP contribution in [0.2, 0.25) is 0 Å². The zero-order valence-corrected chi connectivity index (χ0v) is 16.3. The lowest BCUT2D eigenvalue weighted by Crippen LogP contribution is -2.68. The molecule has 4 aliphatic rings. The number of piperidine rings is 1. The van der Waals surface area contributed by atoms with Gasteiger partial charge < -0.3 is 15.3 Å². The average molecular weight is 398 g/mol. The highest BCUT2D eigenvalue weighted by molar-refractivity contribution is 6.05. The van der Waals surface area contributed by atoms with Crippen LogP contribution < -0.4 is 10.6 Å². The molecule has 3 N–H and O–H groups in total. The Hall–Kier alpha value is -2.29. The van der Waals surface area contributed by atoms with Crippen LogP contribution in [-0.2, 0) is 22.7 Å². The summed E-state index contributed by atoms with van der Waals surface area (Å²) in [5.41, 5.74) is 2.02. The monoisotopic (exact) mass is 398 g/mol. The van der Waals surface area contributed by atoms with Gasteiger partial charge in [-0.1, -0.05) is 12.1 Å². The number of fused-ring (bicyclic) bond motifs is 1. The van der Waals surface area contributed by atoms with Gasteiger partial charge in [0, 0.05) is 44.2 Å². The van der Waals surface area contributed by atoms with Crippen molar-refractivity contribution in [2.75, 3.05) is 19.6 Å². The minimum Gasteiger partial charge on any atom is -0.386 e. The number of rotatable bonds is 4. The number of carbonyl (C=O) groups is 3. The summed E-state index contributed by atoms with van der Waals surface area (Å²) in [5, 5.41) is 16.5. The molecule has 0 bridgehead atoms. The molecule has 1 aromatic carbocycles. The number of nitrogens with zero attached hydrogens (tertiary/aromatic N) is 2. The molecule has 2 unspecified atom stereocenters. The number of nitrogens with one attached hydrogen (secondary N) is 2. The summed E-state index contributed by atoms with van der Waals surface area (Å²) in [6.45, 7) is 3.42. The minimum absolute atomic E-state index is 0.147. The summed E-state index contributed by atoms with van der Waals surface area (Å²) in [5.74, 6) is -0.810. The molecule has 0 radical (unpaired) electrons. The van der Waals surface area contributed by atoms with Crippen molar-refractivity contribution < 1.29 is 19.5 Å². The zero-order chi connectivity index (χ0) is 20.2. The van der Waals surface area contributed by atoms with E-state index in [1.165, 1.54) is 0 Å². The number of amides is 3. The largest absolute Gasteiger partial charge is 0.386 e. The number of imide groups is 1. The highest BCUT2D eigenvalue weighted by atomic mass is 16.3. The molecule has 8 heteroatoms. The van der Waals surface area contributed by atoms with Gasteiger partial charge in [-0.15, -0.1) is 0 Å². The van der Waals surface area contributed by atoms with Gasteiger partial charge >= 0.3 is 0 Å². The van der Waals surface area contributed by atoms with Crippen LogP contribution in [0.5, 0.6) is 0 Å². The smallest absolute Gasteiger partial charge is 0.255 e. The van der Waals surface area contributed by atoms with Crippen molar-refractivity contribution in [3.05, 3.63) is 34.9 Å². The summed E-state index contributed by atoms with van der Waals surface area (Å²) in [6, 6.07) is 5.43. The lowest BCUT2D eigenvalue weighted by atomic mass is 9.84. The van der Waals surface area contributed by atoms with Gasteiger partial charge in [0.1, 0.15) is 11.6 Å². The number of aliphatic hydroxyl groups is 1.